The second kappa shape index (κ2) is 2.55. The van der Waals surface area contributed by atoms with Gasteiger partial charge in [0, 0.05) is 22.7 Å². The molecule has 0 saturated carbocycles. The van der Waals surface area contributed by atoms with Gasteiger partial charge in [0.1, 0.15) is 0 Å². The first-order valence-electron chi connectivity index (χ1n) is 3.39. The van der Waals surface area contributed by atoms with E-state index in [-0.39, 0.29) is 0 Å². The van der Waals surface area contributed by atoms with E-state index in [9.17, 15) is 0 Å². The zero-order valence-electron chi connectivity index (χ0n) is 5.86. The molecule has 2 aromatic rings. The molecule has 0 saturated heterocycles. The van der Waals surface area contributed by atoms with Gasteiger partial charge in [-0.15, -0.1) is 12.6 Å². The first kappa shape index (κ1) is 6.68. The summed E-state index contributed by atoms with van der Waals surface area (Å²) in [5.74, 6) is 0. The highest BCUT2D eigenvalue weighted by Gasteiger charge is 1.93. The van der Waals surface area contributed by atoms with Crippen LogP contribution in [0.5, 0.6) is 0 Å². The minimum atomic E-state index is 0.982. The summed E-state index contributed by atoms with van der Waals surface area (Å²) in [6.45, 7) is 0. The van der Waals surface area contributed by atoms with E-state index in [4.69, 9.17) is 0 Å². The molecule has 2 heteroatoms. The Bertz CT molecular complexity index is 379. The van der Waals surface area contributed by atoms with E-state index in [0.717, 1.165) is 10.3 Å². The number of hydrogen-bond acceptors (Lipinski definition) is 2. The highest BCUT2D eigenvalue weighted by Crippen LogP contribution is 2.19. The fourth-order valence-electron chi connectivity index (χ4n) is 1.10. The molecular weight excluding hydrogens is 154 g/mol. The molecule has 54 valence electrons. The molecule has 0 bridgehead atoms. The van der Waals surface area contributed by atoms with Gasteiger partial charge in [-0.25, -0.2) is 0 Å². The van der Waals surface area contributed by atoms with Crippen LogP contribution >= 0.6 is 12.6 Å². The molecule has 0 aliphatic heterocycles. The Kier molecular flexibility index (Phi) is 1.55. The molecule has 0 atom stereocenters. The lowest BCUT2D eigenvalue weighted by Gasteiger charge is -1.97. The molecule has 1 aromatic carbocycles. The minimum absolute atomic E-state index is 0.982. The fourth-order valence-corrected chi connectivity index (χ4v) is 1.37. The molecule has 1 aromatic heterocycles. The summed E-state index contributed by atoms with van der Waals surface area (Å²) in [4.78, 5) is 5.01. The van der Waals surface area contributed by atoms with E-state index in [1.54, 1.807) is 6.20 Å². The van der Waals surface area contributed by atoms with Gasteiger partial charge in [0.15, 0.2) is 0 Å². The highest BCUT2D eigenvalue weighted by molar-refractivity contribution is 7.80. The van der Waals surface area contributed by atoms with Crippen molar-refractivity contribution in [3.63, 3.8) is 0 Å². The summed E-state index contributed by atoms with van der Waals surface area (Å²) >= 11 is 4.31. The van der Waals surface area contributed by atoms with Gasteiger partial charge in [-0.1, -0.05) is 12.1 Å². The predicted molar refractivity (Wildman–Crippen MR) is 49.0 cm³/mol. The lowest BCUT2D eigenvalue weighted by Crippen LogP contribution is -1.75. The van der Waals surface area contributed by atoms with Gasteiger partial charge in [0.05, 0.1) is 0 Å². The van der Waals surface area contributed by atoms with Crippen molar-refractivity contribution in [2.75, 3.05) is 0 Å². The molecule has 1 nitrogen and oxygen atoms in total. The van der Waals surface area contributed by atoms with E-state index >= 15 is 0 Å². The molecule has 0 aliphatic carbocycles. The van der Waals surface area contributed by atoms with Gasteiger partial charge in [-0.05, 0) is 17.5 Å². The van der Waals surface area contributed by atoms with Crippen LogP contribution in [0.15, 0.2) is 41.6 Å². The number of thiol groups is 1. The maximum absolute atomic E-state index is 4.31. The topological polar surface area (TPSA) is 12.9 Å². The second-order valence-electron chi connectivity index (χ2n) is 2.37. The average Bonchev–Trinajstić information content (AvgIpc) is 2.06. The van der Waals surface area contributed by atoms with Gasteiger partial charge in [0.25, 0.3) is 0 Å². The second-order valence-corrected chi connectivity index (χ2v) is 2.86. The summed E-state index contributed by atoms with van der Waals surface area (Å²) in [6, 6.07) is 7.99. The van der Waals surface area contributed by atoms with Crippen LogP contribution in [-0.4, -0.2) is 4.98 Å². The number of nitrogens with zero attached hydrogens (tertiary/aromatic N) is 1. The third-order valence-electron chi connectivity index (χ3n) is 1.66. The van der Waals surface area contributed by atoms with E-state index in [2.05, 4.69) is 23.7 Å². The molecule has 0 fully saturated rings. The van der Waals surface area contributed by atoms with E-state index in [0.29, 0.717) is 0 Å². The minimum Gasteiger partial charge on any atom is -0.264 e. The summed E-state index contributed by atoms with van der Waals surface area (Å²) < 4.78 is 0. The monoisotopic (exact) mass is 161 g/mol. The van der Waals surface area contributed by atoms with Gasteiger partial charge in [-0.2, -0.15) is 0 Å². The Balaban J connectivity index is 2.91. The largest absolute Gasteiger partial charge is 0.264 e. The number of rotatable bonds is 0. The SMILES string of the molecule is Sc1cccc2ccncc12. The Hall–Kier alpha value is -1.02. The molecular formula is C9H7NS. The van der Waals surface area contributed by atoms with Crippen LogP contribution in [0.2, 0.25) is 0 Å². The maximum Gasteiger partial charge on any atom is 0.0357 e. The molecule has 1 heterocycles. The molecule has 0 amide bonds. The van der Waals surface area contributed by atoms with Crippen LogP contribution < -0.4 is 0 Å². The number of fused-ring (bicyclic) bond motifs is 1. The first-order valence-corrected chi connectivity index (χ1v) is 3.84. The summed E-state index contributed by atoms with van der Waals surface area (Å²) in [5.41, 5.74) is 0. The van der Waals surface area contributed by atoms with Crippen molar-refractivity contribution in [1.82, 2.24) is 4.98 Å². The van der Waals surface area contributed by atoms with Crippen LogP contribution in [0.25, 0.3) is 10.8 Å². The smallest absolute Gasteiger partial charge is 0.0357 e. The molecule has 0 unspecified atom stereocenters. The maximum atomic E-state index is 4.31. The predicted octanol–water partition coefficient (Wildman–Crippen LogP) is 2.52. The Labute approximate surface area is 70.5 Å². The number of pyridine rings is 1. The van der Waals surface area contributed by atoms with Crippen molar-refractivity contribution in [2.24, 2.45) is 0 Å². The summed E-state index contributed by atoms with van der Waals surface area (Å²) in [6.07, 6.45) is 3.62. The van der Waals surface area contributed by atoms with E-state index in [1.165, 1.54) is 5.39 Å². The highest BCUT2D eigenvalue weighted by atomic mass is 32.1. The Morgan fingerprint density at radius 3 is 2.91 bits per heavy atom. The van der Waals surface area contributed by atoms with Crippen molar-refractivity contribution in [1.29, 1.82) is 0 Å². The Morgan fingerprint density at radius 2 is 2.09 bits per heavy atom. The van der Waals surface area contributed by atoms with Crippen molar-refractivity contribution < 1.29 is 0 Å². The zero-order valence-corrected chi connectivity index (χ0v) is 6.75. The summed E-state index contributed by atoms with van der Waals surface area (Å²) in [7, 11) is 0. The van der Waals surface area contributed by atoms with E-state index in [1.807, 2.05) is 24.4 Å². The van der Waals surface area contributed by atoms with Gasteiger partial charge in [0.2, 0.25) is 0 Å². The van der Waals surface area contributed by atoms with Gasteiger partial charge >= 0.3 is 0 Å². The van der Waals surface area contributed by atoms with Crippen LogP contribution in [-0.2, 0) is 0 Å². The third kappa shape index (κ3) is 1.10. The molecule has 0 N–H and O–H groups in total. The van der Waals surface area contributed by atoms with E-state index < -0.39 is 0 Å². The number of hydrogen-bond donors (Lipinski definition) is 1. The molecule has 0 radical (unpaired) electrons. The van der Waals surface area contributed by atoms with Crippen LogP contribution in [0.1, 0.15) is 0 Å². The normalized spacial score (nSPS) is 10.3. The Morgan fingerprint density at radius 1 is 1.18 bits per heavy atom. The van der Waals surface area contributed by atoms with Crippen molar-refractivity contribution in [3.05, 3.63) is 36.7 Å². The average molecular weight is 161 g/mol. The zero-order chi connectivity index (χ0) is 7.68. The number of aromatic nitrogens is 1. The number of benzene rings is 1. The first-order chi connectivity index (χ1) is 5.38. The van der Waals surface area contributed by atoms with Crippen LogP contribution in [0, 0.1) is 0 Å². The summed E-state index contributed by atoms with van der Waals surface area (Å²) in [5, 5.41) is 2.30. The van der Waals surface area contributed by atoms with Gasteiger partial charge in [-0.3, -0.25) is 4.98 Å². The van der Waals surface area contributed by atoms with Crippen molar-refractivity contribution in [2.45, 2.75) is 4.90 Å². The lowest BCUT2D eigenvalue weighted by atomic mass is 10.2. The van der Waals surface area contributed by atoms with Crippen LogP contribution in [0.4, 0.5) is 0 Å². The molecule has 0 aliphatic rings. The standard InChI is InChI=1S/C9H7NS/c11-9-3-1-2-7-4-5-10-6-8(7)9/h1-6,11H. The van der Waals surface area contributed by atoms with Crippen molar-refractivity contribution in [3.8, 4) is 0 Å². The molecule has 0 spiro atoms. The third-order valence-corrected chi connectivity index (χ3v) is 2.05. The molecule has 2 rings (SSSR count). The van der Waals surface area contributed by atoms with Crippen LogP contribution in [0.3, 0.4) is 0 Å². The lowest BCUT2D eigenvalue weighted by molar-refractivity contribution is 1.35. The molecule has 11 heavy (non-hydrogen) atoms. The quantitative estimate of drug-likeness (QED) is 0.586. The fraction of sp³-hybridized carbons (Fsp3) is 0. The van der Waals surface area contributed by atoms with Gasteiger partial charge < -0.3 is 0 Å². The van der Waals surface area contributed by atoms with Crippen molar-refractivity contribution >= 4 is 23.4 Å².